The molecule has 160 valence electrons. The number of hydrogen-bond donors (Lipinski definition) is 1. The van der Waals surface area contributed by atoms with Crippen LogP contribution in [0.3, 0.4) is 0 Å². The number of para-hydroxylation sites is 1. The van der Waals surface area contributed by atoms with E-state index >= 15 is 0 Å². The van der Waals surface area contributed by atoms with E-state index in [1.165, 1.54) is 18.0 Å². The average molecular weight is 418 g/mol. The number of nitrogens with zero attached hydrogens (tertiary/aromatic N) is 4. The second-order valence-electron chi connectivity index (χ2n) is 6.45. The van der Waals surface area contributed by atoms with Crippen LogP contribution >= 0.6 is 0 Å². The molecule has 0 aliphatic carbocycles. The summed E-state index contributed by atoms with van der Waals surface area (Å²) >= 11 is 0. The summed E-state index contributed by atoms with van der Waals surface area (Å²) in [6.07, 6.45) is 3.54. The van der Waals surface area contributed by atoms with Gasteiger partial charge in [-0.2, -0.15) is 0 Å². The van der Waals surface area contributed by atoms with Crippen molar-refractivity contribution in [2.75, 3.05) is 0 Å². The fourth-order valence-electron chi connectivity index (χ4n) is 3.31. The van der Waals surface area contributed by atoms with Crippen molar-refractivity contribution in [2.24, 2.45) is 4.99 Å². The van der Waals surface area contributed by atoms with Crippen LogP contribution in [0.5, 0.6) is 0 Å². The topological polar surface area (TPSA) is 97.0 Å². The van der Waals surface area contributed by atoms with E-state index in [2.05, 4.69) is 31.2 Å². The molecule has 7 heteroatoms. The number of pyridine rings is 1. The maximum absolute atomic E-state index is 11.4. The molecule has 4 aromatic rings. The highest BCUT2D eigenvalue weighted by molar-refractivity contribution is 6.05. The summed E-state index contributed by atoms with van der Waals surface area (Å²) in [7, 11) is 0. The molecule has 0 bridgehead atoms. The number of hydrogen-bond acceptors (Lipinski definition) is 6. The van der Waals surface area contributed by atoms with Crippen LogP contribution in [-0.4, -0.2) is 25.8 Å². The highest BCUT2D eigenvalue weighted by Gasteiger charge is 2.19. The van der Waals surface area contributed by atoms with Gasteiger partial charge in [-0.15, -0.1) is 0 Å². The van der Waals surface area contributed by atoms with Gasteiger partial charge in [0.2, 0.25) is 5.56 Å². The van der Waals surface area contributed by atoms with Gasteiger partial charge in [-0.1, -0.05) is 51.1 Å². The van der Waals surface area contributed by atoms with E-state index in [9.17, 15) is 4.79 Å². The van der Waals surface area contributed by atoms with Crippen LogP contribution in [0, 0.1) is 0 Å². The van der Waals surface area contributed by atoms with Crippen LogP contribution < -0.4 is 5.56 Å². The molecule has 31 heavy (non-hydrogen) atoms. The zero-order chi connectivity index (χ0) is 22.2. The van der Waals surface area contributed by atoms with Gasteiger partial charge in [0.1, 0.15) is 23.4 Å². The Labute approximate surface area is 181 Å². The van der Waals surface area contributed by atoms with E-state index in [1.54, 1.807) is 6.07 Å². The van der Waals surface area contributed by atoms with Gasteiger partial charge in [-0.25, -0.2) is 9.97 Å². The maximum Gasteiger partial charge on any atom is 0.249 e. The molecule has 0 amide bonds. The first-order valence-electron chi connectivity index (χ1n) is 10.7. The molecule has 1 N–H and O–H groups in total. The summed E-state index contributed by atoms with van der Waals surface area (Å²) in [6, 6.07) is 13.3. The van der Waals surface area contributed by atoms with E-state index in [-0.39, 0.29) is 5.56 Å². The Hall–Kier alpha value is -3.61. The molecule has 0 fully saturated rings. The van der Waals surface area contributed by atoms with E-state index in [0.717, 1.165) is 40.4 Å². The van der Waals surface area contributed by atoms with Gasteiger partial charge in [0, 0.05) is 30.4 Å². The summed E-state index contributed by atoms with van der Waals surface area (Å²) in [5.74, 6) is 0.778. The molecular weight excluding hydrogens is 390 g/mol. The number of aliphatic imine (C=N–C) groups is 1. The Morgan fingerprint density at radius 1 is 1.00 bits per heavy atom. The lowest BCUT2D eigenvalue weighted by atomic mass is 10.1. The number of rotatable bonds is 4. The maximum atomic E-state index is 11.4. The first-order valence-corrected chi connectivity index (χ1v) is 10.7. The minimum absolute atomic E-state index is 0.176. The molecule has 1 aliphatic rings. The zero-order valence-corrected chi connectivity index (χ0v) is 18.3. The summed E-state index contributed by atoms with van der Waals surface area (Å²) in [5.41, 5.74) is 5.14. The standard InChI is InChI=1S/C20H15N5O2.2C2H6/c26-19-8-6-14-16(21-11-22-20(14)24-19)7-5-13-10-18(25-27-13)17-9-12-3-1-2-4-15(12)23-17;2*1-2/h1-4,6,8,10-11H,5,7,9H2,(H,21,22,24,26);2*1-2H3. The SMILES string of the molecule is CC.CC.O=c1ccc2c(CCc3cc(C4=Nc5ccccc5C4)no3)ncnc2[nH]1. The van der Waals surface area contributed by atoms with Crippen molar-refractivity contribution in [2.45, 2.75) is 47.0 Å². The predicted molar refractivity (Wildman–Crippen MR) is 123 cm³/mol. The number of benzene rings is 1. The zero-order valence-electron chi connectivity index (χ0n) is 18.3. The molecule has 0 spiro atoms. The largest absolute Gasteiger partial charge is 0.361 e. The molecule has 0 saturated carbocycles. The molecular formula is C24H27N5O2. The molecule has 1 aliphatic heterocycles. The van der Waals surface area contributed by atoms with Gasteiger partial charge in [-0.3, -0.25) is 9.79 Å². The molecule has 3 aromatic heterocycles. The fourth-order valence-corrected chi connectivity index (χ4v) is 3.31. The molecule has 7 nitrogen and oxygen atoms in total. The van der Waals surface area contributed by atoms with Crippen molar-refractivity contribution in [1.82, 2.24) is 20.1 Å². The highest BCUT2D eigenvalue weighted by atomic mass is 16.5. The third kappa shape index (κ3) is 4.94. The van der Waals surface area contributed by atoms with Gasteiger partial charge in [0.05, 0.1) is 17.1 Å². The van der Waals surface area contributed by atoms with Gasteiger partial charge < -0.3 is 9.51 Å². The van der Waals surface area contributed by atoms with Crippen LogP contribution in [0.2, 0.25) is 0 Å². The second kappa shape index (κ2) is 10.4. The molecule has 0 saturated heterocycles. The van der Waals surface area contributed by atoms with E-state index in [0.29, 0.717) is 18.5 Å². The molecule has 1 aromatic carbocycles. The Morgan fingerprint density at radius 3 is 2.61 bits per heavy atom. The highest BCUT2D eigenvalue weighted by Crippen LogP contribution is 2.28. The lowest BCUT2D eigenvalue weighted by Crippen LogP contribution is -2.06. The minimum atomic E-state index is -0.176. The summed E-state index contributed by atoms with van der Waals surface area (Å²) in [5, 5.41) is 5.02. The minimum Gasteiger partial charge on any atom is -0.361 e. The smallest absolute Gasteiger partial charge is 0.249 e. The van der Waals surface area contributed by atoms with Gasteiger partial charge in [0.15, 0.2) is 0 Å². The number of aromatic amines is 1. The lowest BCUT2D eigenvalue weighted by Gasteiger charge is -2.02. The Balaban J connectivity index is 0.000000645. The van der Waals surface area contributed by atoms with Crippen LogP contribution in [0.1, 0.15) is 50.4 Å². The van der Waals surface area contributed by atoms with E-state index < -0.39 is 0 Å². The van der Waals surface area contributed by atoms with Crippen LogP contribution in [0.4, 0.5) is 5.69 Å². The Bertz CT molecular complexity index is 1240. The molecule has 0 radical (unpaired) electrons. The summed E-state index contributed by atoms with van der Waals surface area (Å²) in [4.78, 5) is 27.3. The number of fused-ring (bicyclic) bond motifs is 2. The molecule has 0 atom stereocenters. The van der Waals surface area contributed by atoms with Crippen molar-refractivity contribution in [3.8, 4) is 0 Å². The third-order valence-electron chi connectivity index (χ3n) is 4.68. The molecule has 0 unspecified atom stereocenters. The number of H-pyrrole nitrogens is 1. The summed E-state index contributed by atoms with van der Waals surface area (Å²) in [6.45, 7) is 8.00. The average Bonchev–Trinajstić information content (AvgIpc) is 3.47. The van der Waals surface area contributed by atoms with Crippen molar-refractivity contribution in [3.05, 3.63) is 81.9 Å². The Morgan fingerprint density at radius 2 is 1.81 bits per heavy atom. The van der Waals surface area contributed by atoms with Gasteiger partial charge in [-0.05, 0) is 24.1 Å². The van der Waals surface area contributed by atoms with Crippen molar-refractivity contribution >= 4 is 22.4 Å². The number of nitrogens with one attached hydrogen (secondary N) is 1. The van der Waals surface area contributed by atoms with Crippen molar-refractivity contribution < 1.29 is 4.52 Å². The quantitative estimate of drug-likeness (QED) is 0.513. The molecule has 4 heterocycles. The van der Waals surface area contributed by atoms with Crippen molar-refractivity contribution in [3.63, 3.8) is 0 Å². The predicted octanol–water partition coefficient (Wildman–Crippen LogP) is 4.82. The first kappa shape index (κ1) is 22.1. The second-order valence-corrected chi connectivity index (χ2v) is 6.45. The van der Waals surface area contributed by atoms with Crippen LogP contribution in [0.15, 0.2) is 63.1 Å². The van der Waals surface area contributed by atoms with Gasteiger partial charge >= 0.3 is 0 Å². The van der Waals surface area contributed by atoms with E-state index in [4.69, 9.17) is 4.52 Å². The first-order chi connectivity index (χ1) is 15.3. The monoisotopic (exact) mass is 417 g/mol. The number of aryl methyl sites for hydroxylation is 2. The summed E-state index contributed by atoms with van der Waals surface area (Å²) < 4.78 is 5.50. The fraction of sp³-hybridized carbons (Fsp3) is 0.292. The van der Waals surface area contributed by atoms with Gasteiger partial charge in [0.25, 0.3) is 0 Å². The van der Waals surface area contributed by atoms with E-state index in [1.807, 2.05) is 52.0 Å². The number of aromatic nitrogens is 4. The van der Waals surface area contributed by atoms with Crippen LogP contribution in [0.25, 0.3) is 11.0 Å². The third-order valence-corrected chi connectivity index (χ3v) is 4.68. The van der Waals surface area contributed by atoms with Crippen LogP contribution in [-0.2, 0) is 19.3 Å². The molecule has 5 rings (SSSR count). The van der Waals surface area contributed by atoms with Crippen molar-refractivity contribution in [1.29, 1.82) is 0 Å². The lowest BCUT2D eigenvalue weighted by molar-refractivity contribution is 0.382. The normalized spacial score (nSPS) is 11.7. The Kier molecular flexibility index (Phi) is 7.43.